The Morgan fingerprint density at radius 2 is 1.62 bits per heavy atom. The van der Waals surface area contributed by atoms with E-state index in [2.05, 4.69) is 50.4 Å². The molecule has 1 aromatic heterocycles. The highest BCUT2D eigenvalue weighted by molar-refractivity contribution is 9.10. The van der Waals surface area contributed by atoms with Gasteiger partial charge in [0.2, 0.25) is 0 Å². The second-order valence-corrected chi connectivity index (χ2v) is 9.34. The number of nitrogens with zero attached hydrogens (tertiary/aromatic N) is 2. The fourth-order valence-corrected chi connectivity index (χ4v) is 4.74. The first-order chi connectivity index (χ1) is 14.2. The summed E-state index contributed by atoms with van der Waals surface area (Å²) in [5.74, 6) is 1.16. The first kappa shape index (κ1) is 20.3. The van der Waals surface area contributed by atoms with Crippen molar-refractivity contribution < 1.29 is 4.79 Å². The van der Waals surface area contributed by atoms with Crippen molar-refractivity contribution in [3.8, 4) is 11.3 Å². The highest BCUT2D eigenvalue weighted by Crippen LogP contribution is 2.33. The number of halogens is 1. The predicted octanol–water partition coefficient (Wildman–Crippen LogP) is 6.93. The Morgan fingerprint density at radius 3 is 2.28 bits per heavy atom. The van der Waals surface area contributed by atoms with Crippen LogP contribution in [0.4, 0.5) is 0 Å². The van der Waals surface area contributed by atoms with Crippen molar-refractivity contribution in [1.82, 2.24) is 10.2 Å². The number of Topliss-reactive ketones (excluding diaryl/α,β-unsaturated/α-hetero) is 1. The fourth-order valence-electron chi connectivity index (χ4n) is 3.77. The highest BCUT2D eigenvalue weighted by atomic mass is 79.9. The summed E-state index contributed by atoms with van der Waals surface area (Å²) in [5.41, 5.74) is 4.10. The van der Waals surface area contributed by atoms with Gasteiger partial charge < -0.3 is 0 Å². The van der Waals surface area contributed by atoms with Crippen LogP contribution in [0.25, 0.3) is 11.3 Å². The highest BCUT2D eigenvalue weighted by Gasteiger charge is 2.15. The van der Waals surface area contributed by atoms with E-state index in [9.17, 15) is 4.79 Å². The number of rotatable bonds is 6. The van der Waals surface area contributed by atoms with Crippen molar-refractivity contribution in [2.45, 2.75) is 43.0 Å². The van der Waals surface area contributed by atoms with Gasteiger partial charge in [0, 0.05) is 15.6 Å². The zero-order valence-corrected chi connectivity index (χ0v) is 18.6. The summed E-state index contributed by atoms with van der Waals surface area (Å²) in [6.45, 7) is 0. The first-order valence-electron chi connectivity index (χ1n) is 10.0. The monoisotopic (exact) mass is 466 g/mol. The summed E-state index contributed by atoms with van der Waals surface area (Å²) < 4.78 is 0.968. The standard InChI is InChI=1S/C24H23BrN2OS/c25-21-12-10-20(11-13-21)23(28)16-29-24-15-14-22(26-27-24)19-8-6-18(7-9-19)17-4-2-1-3-5-17/h6-15,17H,1-5,16H2. The molecule has 1 heterocycles. The lowest BCUT2D eigenvalue weighted by molar-refractivity contribution is 0.102. The van der Waals surface area contributed by atoms with Crippen LogP contribution < -0.4 is 0 Å². The van der Waals surface area contributed by atoms with Gasteiger partial charge in [0.25, 0.3) is 0 Å². The second-order valence-electron chi connectivity index (χ2n) is 7.43. The Balaban J connectivity index is 1.36. The third-order valence-corrected chi connectivity index (χ3v) is 6.89. The topological polar surface area (TPSA) is 42.9 Å². The van der Waals surface area contributed by atoms with Gasteiger partial charge >= 0.3 is 0 Å². The predicted molar refractivity (Wildman–Crippen MR) is 122 cm³/mol. The molecule has 1 fully saturated rings. The van der Waals surface area contributed by atoms with Gasteiger partial charge in [-0.25, -0.2) is 0 Å². The number of carbonyl (C=O) groups excluding carboxylic acids is 1. The SMILES string of the molecule is O=C(CSc1ccc(-c2ccc(C3CCCCC3)cc2)nn1)c1ccc(Br)cc1. The van der Waals surface area contributed by atoms with Gasteiger partial charge in [-0.05, 0) is 48.6 Å². The molecule has 29 heavy (non-hydrogen) atoms. The van der Waals surface area contributed by atoms with E-state index >= 15 is 0 Å². The van der Waals surface area contributed by atoms with Crippen molar-refractivity contribution in [3.05, 3.63) is 76.3 Å². The molecular weight excluding hydrogens is 444 g/mol. The van der Waals surface area contributed by atoms with E-state index in [1.807, 2.05) is 36.4 Å². The van der Waals surface area contributed by atoms with Crippen molar-refractivity contribution >= 4 is 33.5 Å². The molecule has 3 nitrogen and oxygen atoms in total. The first-order valence-corrected chi connectivity index (χ1v) is 11.8. The number of hydrogen-bond acceptors (Lipinski definition) is 4. The molecule has 0 amide bonds. The Hall–Kier alpha value is -1.98. The van der Waals surface area contributed by atoms with Crippen LogP contribution in [0, 0.1) is 0 Å². The Labute approximate surface area is 184 Å². The molecule has 5 heteroatoms. The molecule has 2 aromatic carbocycles. The van der Waals surface area contributed by atoms with E-state index in [-0.39, 0.29) is 5.78 Å². The van der Waals surface area contributed by atoms with Crippen LogP contribution in [0.5, 0.6) is 0 Å². The zero-order chi connectivity index (χ0) is 20.1. The van der Waals surface area contributed by atoms with E-state index in [1.54, 1.807) is 0 Å². The molecule has 0 saturated heterocycles. The smallest absolute Gasteiger partial charge is 0.173 e. The minimum atomic E-state index is 0.0895. The zero-order valence-electron chi connectivity index (χ0n) is 16.2. The molecule has 3 aromatic rings. The number of ketones is 1. The third kappa shape index (κ3) is 5.34. The number of thioether (sulfide) groups is 1. The molecule has 0 atom stereocenters. The second kappa shape index (κ2) is 9.68. The van der Waals surface area contributed by atoms with E-state index in [4.69, 9.17) is 0 Å². The minimum Gasteiger partial charge on any atom is -0.293 e. The molecule has 1 aliphatic rings. The Kier molecular flexibility index (Phi) is 6.78. The van der Waals surface area contributed by atoms with Gasteiger partial charge in [0.05, 0.1) is 11.4 Å². The average molecular weight is 467 g/mol. The summed E-state index contributed by atoms with van der Waals surface area (Å²) in [6, 6.07) is 20.1. The van der Waals surface area contributed by atoms with Crippen LogP contribution in [0.1, 0.15) is 53.9 Å². The maximum Gasteiger partial charge on any atom is 0.173 e. The van der Waals surface area contributed by atoms with Crippen molar-refractivity contribution in [1.29, 1.82) is 0 Å². The summed E-state index contributed by atoms with van der Waals surface area (Å²) in [5, 5.41) is 9.43. The minimum absolute atomic E-state index is 0.0895. The molecule has 0 bridgehead atoms. The van der Waals surface area contributed by atoms with Crippen LogP contribution in [0.15, 0.2) is 70.2 Å². The van der Waals surface area contributed by atoms with E-state index in [0.29, 0.717) is 17.2 Å². The van der Waals surface area contributed by atoms with E-state index in [0.717, 1.165) is 20.8 Å². The van der Waals surface area contributed by atoms with Gasteiger partial charge in [-0.15, -0.1) is 10.2 Å². The quantitative estimate of drug-likeness (QED) is 0.291. The van der Waals surface area contributed by atoms with E-state index in [1.165, 1.54) is 49.4 Å². The van der Waals surface area contributed by atoms with Crippen LogP contribution in [-0.2, 0) is 0 Å². The molecule has 0 N–H and O–H groups in total. The lowest BCUT2D eigenvalue weighted by Gasteiger charge is -2.22. The maximum atomic E-state index is 12.3. The Morgan fingerprint density at radius 1 is 0.897 bits per heavy atom. The molecule has 0 radical (unpaired) electrons. The van der Waals surface area contributed by atoms with E-state index < -0.39 is 0 Å². The van der Waals surface area contributed by atoms with Gasteiger partial charge in [-0.2, -0.15) is 0 Å². The Bertz CT molecular complexity index is 950. The summed E-state index contributed by atoms with van der Waals surface area (Å²) in [7, 11) is 0. The van der Waals surface area contributed by atoms with Crippen molar-refractivity contribution in [3.63, 3.8) is 0 Å². The average Bonchev–Trinajstić information content (AvgIpc) is 2.79. The normalized spacial score (nSPS) is 14.7. The molecule has 148 valence electrons. The molecule has 0 spiro atoms. The van der Waals surface area contributed by atoms with Crippen LogP contribution in [0.2, 0.25) is 0 Å². The summed E-state index contributed by atoms with van der Waals surface area (Å²) >= 11 is 4.80. The summed E-state index contributed by atoms with van der Waals surface area (Å²) in [6.07, 6.45) is 6.69. The third-order valence-electron chi connectivity index (χ3n) is 5.44. The van der Waals surface area contributed by atoms with Gasteiger partial charge in [-0.1, -0.05) is 83.4 Å². The van der Waals surface area contributed by atoms with Gasteiger partial charge in [-0.3, -0.25) is 4.79 Å². The molecular formula is C24H23BrN2OS. The van der Waals surface area contributed by atoms with Crippen LogP contribution >= 0.6 is 27.7 Å². The van der Waals surface area contributed by atoms with Crippen molar-refractivity contribution in [2.75, 3.05) is 5.75 Å². The summed E-state index contributed by atoms with van der Waals surface area (Å²) in [4.78, 5) is 12.3. The largest absolute Gasteiger partial charge is 0.293 e. The molecule has 4 rings (SSSR count). The lowest BCUT2D eigenvalue weighted by Crippen LogP contribution is -2.04. The van der Waals surface area contributed by atoms with Gasteiger partial charge in [0.1, 0.15) is 5.03 Å². The number of carbonyl (C=O) groups is 1. The maximum absolute atomic E-state index is 12.3. The van der Waals surface area contributed by atoms with Crippen LogP contribution in [0.3, 0.4) is 0 Å². The molecule has 0 aliphatic heterocycles. The molecule has 0 unspecified atom stereocenters. The number of hydrogen-bond donors (Lipinski definition) is 0. The van der Waals surface area contributed by atoms with Crippen molar-refractivity contribution in [2.24, 2.45) is 0 Å². The fraction of sp³-hybridized carbons (Fsp3) is 0.292. The van der Waals surface area contributed by atoms with Gasteiger partial charge in [0.15, 0.2) is 5.78 Å². The number of aromatic nitrogens is 2. The molecule has 1 saturated carbocycles. The number of benzene rings is 2. The van der Waals surface area contributed by atoms with Crippen LogP contribution in [-0.4, -0.2) is 21.7 Å². The molecule has 1 aliphatic carbocycles. The lowest BCUT2D eigenvalue weighted by atomic mass is 9.84.